The van der Waals surface area contributed by atoms with Gasteiger partial charge in [0.1, 0.15) is 5.76 Å². The van der Waals surface area contributed by atoms with Crippen LogP contribution in [-0.2, 0) is 9.53 Å². The van der Waals surface area contributed by atoms with Crippen LogP contribution in [0.3, 0.4) is 0 Å². The third kappa shape index (κ3) is 5.40. The molecule has 1 aliphatic heterocycles. The van der Waals surface area contributed by atoms with E-state index in [4.69, 9.17) is 9.15 Å². The molecule has 38 heavy (non-hydrogen) atoms. The minimum Gasteiger partial charge on any atom is -0.459 e. The molecule has 0 N–H and O–H groups in total. The van der Waals surface area contributed by atoms with E-state index >= 15 is 0 Å². The van der Waals surface area contributed by atoms with Gasteiger partial charge in [0, 0.05) is 23.4 Å². The Labute approximate surface area is 231 Å². The molecule has 11 heteroatoms. The fourth-order valence-electron chi connectivity index (χ4n) is 3.99. The molecular weight excluding hydrogens is 541 g/mol. The zero-order valence-electron chi connectivity index (χ0n) is 21.1. The minimum absolute atomic E-state index is 0.257. The second kappa shape index (κ2) is 11.1. The molecule has 0 saturated carbocycles. The molecule has 0 unspecified atom stereocenters. The van der Waals surface area contributed by atoms with Crippen molar-refractivity contribution in [3.8, 4) is 0 Å². The summed E-state index contributed by atoms with van der Waals surface area (Å²) in [6, 6.07) is 12.5. The molecule has 0 aliphatic carbocycles. The van der Waals surface area contributed by atoms with Crippen LogP contribution in [0.1, 0.15) is 38.1 Å². The Morgan fingerprint density at radius 2 is 1.89 bits per heavy atom. The topological polar surface area (TPSA) is 99.6 Å². The number of carbonyl (C=O) groups is 1. The smallest absolute Gasteiger partial charge is 0.338 e. The van der Waals surface area contributed by atoms with Gasteiger partial charge in [-0.25, -0.2) is 19.8 Å². The molecular formula is C27H24N4O4S3. The molecule has 0 spiro atoms. The van der Waals surface area contributed by atoms with Gasteiger partial charge in [0.2, 0.25) is 0 Å². The molecule has 4 heterocycles. The first-order chi connectivity index (χ1) is 18.3. The standard InChI is InChI=1S/C27H24N4O4S3/c1-15(2)34-25(33)22-16(3)30-27-31(23(22)17-6-9-19(36-4)10-7-17)24(32)20(37-27)14-18-8-11-21(35-18)38-26-28-12-5-13-29-26/h5-15,23H,1-4H3/b20-14-/t23-/m0/s1. The van der Waals surface area contributed by atoms with Crippen molar-refractivity contribution in [1.82, 2.24) is 14.5 Å². The average molecular weight is 565 g/mol. The lowest BCUT2D eigenvalue weighted by Crippen LogP contribution is -2.40. The van der Waals surface area contributed by atoms with Crippen LogP contribution in [0.5, 0.6) is 0 Å². The largest absolute Gasteiger partial charge is 0.459 e. The third-order valence-corrected chi connectivity index (χ3v) is 8.17. The number of thioether (sulfide) groups is 1. The predicted octanol–water partition coefficient (Wildman–Crippen LogP) is 4.44. The van der Waals surface area contributed by atoms with Crippen molar-refractivity contribution in [2.24, 2.45) is 4.99 Å². The molecule has 8 nitrogen and oxygen atoms in total. The van der Waals surface area contributed by atoms with Gasteiger partial charge in [-0.1, -0.05) is 23.5 Å². The fourth-order valence-corrected chi connectivity index (χ4v) is 6.10. The lowest BCUT2D eigenvalue weighted by Gasteiger charge is -2.25. The summed E-state index contributed by atoms with van der Waals surface area (Å²) in [6.45, 7) is 5.37. The Morgan fingerprint density at radius 1 is 1.16 bits per heavy atom. The van der Waals surface area contributed by atoms with Gasteiger partial charge < -0.3 is 9.15 Å². The van der Waals surface area contributed by atoms with E-state index in [-0.39, 0.29) is 11.7 Å². The van der Waals surface area contributed by atoms with Gasteiger partial charge in [-0.15, -0.1) is 11.8 Å². The summed E-state index contributed by atoms with van der Waals surface area (Å²) in [5.74, 6) is 0.0371. The fraction of sp³-hybridized carbons (Fsp3) is 0.222. The second-order valence-electron chi connectivity index (χ2n) is 8.60. The molecule has 1 aliphatic rings. The first kappa shape index (κ1) is 26.2. The highest BCUT2D eigenvalue weighted by atomic mass is 32.2. The maximum absolute atomic E-state index is 13.8. The number of esters is 1. The number of ether oxygens (including phenoxy) is 1. The number of hydrogen-bond donors (Lipinski definition) is 0. The summed E-state index contributed by atoms with van der Waals surface area (Å²) >= 11 is 4.17. The molecule has 194 valence electrons. The quantitative estimate of drug-likeness (QED) is 0.185. The highest BCUT2D eigenvalue weighted by molar-refractivity contribution is 7.99. The molecule has 1 atom stereocenters. The van der Waals surface area contributed by atoms with Crippen molar-refractivity contribution in [2.75, 3.05) is 6.26 Å². The van der Waals surface area contributed by atoms with E-state index in [1.807, 2.05) is 36.6 Å². The van der Waals surface area contributed by atoms with E-state index in [1.54, 1.807) is 67.7 Å². The first-order valence-corrected chi connectivity index (χ1v) is 14.6. The number of benzene rings is 1. The Hall–Kier alpha value is -3.41. The summed E-state index contributed by atoms with van der Waals surface area (Å²) in [5, 5.41) is 1.17. The summed E-state index contributed by atoms with van der Waals surface area (Å²) in [5.41, 5.74) is 1.43. The molecule has 3 aromatic heterocycles. The van der Waals surface area contributed by atoms with Gasteiger partial charge in [0.15, 0.2) is 15.1 Å². The molecule has 0 bridgehead atoms. The van der Waals surface area contributed by atoms with Crippen molar-refractivity contribution in [3.63, 3.8) is 0 Å². The summed E-state index contributed by atoms with van der Waals surface area (Å²) in [4.78, 5) is 41.6. The summed E-state index contributed by atoms with van der Waals surface area (Å²) in [7, 11) is 0. The minimum atomic E-state index is -0.659. The Kier molecular flexibility index (Phi) is 7.68. The van der Waals surface area contributed by atoms with E-state index < -0.39 is 12.0 Å². The van der Waals surface area contributed by atoms with Gasteiger partial charge >= 0.3 is 5.97 Å². The SMILES string of the molecule is CSc1ccc([C@H]2C(C(=O)OC(C)C)=C(C)N=c3s/c(=C\c4ccc(Sc5ncccn5)o4)c(=O)n32)cc1. The molecule has 5 rings (SSSR count). The van der Waals surface area contributed by atoms with Crippen molar-refractivity contribution in [1.29, 1.82) is 0 Å². The number of aromatic nitrogens is 3. The lowest BCUT2D eigenvalue weighted by atomic mass is 9.96. The van der Waals surface area contributed by atoms with Crippen LogP contribution in [0.25, 0.3) is 6.08 Å². The van der Waals surface area contributed by atoms with Crippen molar-refractivity contribution in [3.05, 3.63) is 97.1 Å². The molecule has 4 aromatic rings. The van der Waals surface area contributed by atoms with Crippen LogP contribution < -0.4 is 14.9 Å². The van der Waals surface area contributed by atoms with Gasteiger partial charge in [-0.05, 0) is 74.7 Å². The van der Waals surface area contributed by atoms with E-state index in [2.05, 4.69) is 15.0 Å². The number of thiazole rings is 1. The summed E-state index contributed by atoms with van der Waals surface area (Å²) in [6.07, 6.45) is 6.72. The first-order valence-electron chi connectivity index (χ1n) is 11.8. The molecule has 0 amide bonds. The van der Waals surface area contributed by atoms with Crippen LogP contribution in [0.2, 0.25) is 0 Å². The molecule has 0 fully saturated rings. The maximum atomic E-state index is 13.8. The monoisotopic (exact) mass is 564 g/mol. The predicted molar refractivity (Wildman–Crippen MR) is 148 cm³/mol. The number of nitrogens with zero attached hydrogens (tertiary/aromatic N) is 4. The van der Waals surface area contributed by atoms with Gasteiger partial charge in [0.05, 0.1) is 27.9 Å². The second-order valence-corrected chi connectivity index (χ2v) is 11.5. The Bertz CT molecular complexity index is 1690. The van der Waals surface area contributed by atoms with E-state index in [0.717, 1.165) is 10.5 Å². The number of allylic oxidation sites excluding steroid dienone is 1. The van der Waals surface area contributed by atoms with E-state index in [0.29, 0.717) is 36.6 Å². The summed E-state index contributed by atoms with van der Waals surface area (Å²) < 4.78 is 13.5. The van der Waals surface area contributed by atoms with Crippen molar-refractivity contribution >= 4 is 46.9 Å². The Morgan fingerprint density at radius 3 is 2.58 bits per heavy atom. The third-order valence-electron chi connectivity index (χ3n) is 5.63. The van der Waals surface area contributed by atoms with E-state index in [1.165, 1.54) is 23.1 Å². The molecule has 0 radical (unpaired) electrons. The van der Waals surface area contributed by atoms with Crippen LogP contribution in [0.4, 0.5) is 0 Å². The molecule has 1 aromatic carbocycles. The number of carbonyl (C=O) groups excluding carboxylic acids is 1. The number of fused-ring (bicyclic) bond motifs is 1. The number of hydrogen-bond acceptors (Lipinski definition) is 10. The zero-order chi connectivity index (χ0) is 26.8. The van der Waals surface area contributed by atoms with Gasteiger partial charge in [0.25, 0.3) is 5.56 Å². The van der Waals surface area contributed by atoms with Crippen LogP contribution in [0.15, 0.2) is 95.5 Å². The average Bonchev–Trinajstić information content (AvgIpc) is 3.46. The van der Waals surface area contributed by atoms with Crippen LogP contribution in [0, 0.1) is 0 Å². The Balaban J connectivity index is 1.58. The normalized spacial score (nSPS) is 15.5. The zero-order valence-corrected chi connectivity index (χ0v) is 23.5. The number of furan rings is 1. The van der Waals surface area contributed by atoms with Crippen LogP contribution in [-0.4, -0.2) is 32.9 Å². The highest BCUT2D eigenvalue weighted by Crippen LogP contribution is 2.32. The molecule has 0 saturated heterocycles. The van der Waals surface area contributed by atoms with Crippen molar-refractivity contribution < 1.29 is 13.9 Å². The van der Waals surface area contributed by atoms with E-state index in [9.17, 15) is 9.59 Å². The van der Waals surface area contributed by atoms with Gasteiger partial charge in [-0.3, -0.25) is 9.36 Å². The van der Waals surface area contributed by atoms with Crippen LogP contribution >= 0.6 is 34.9 Å². The number of rotatable bonds is 7. The highest BCUT2D eigenvalue weighted by Gasteiger charge is 2.33. The van der Waals surface area contributed by atoms with Gasteiger partial charge in [-0.2, -0.15) is 0 Å². The lowest BCUT2D eigenvalue weighted by molar-refractivity contribution is -0.143. The maximum Gasteiger partial charge on any atom is 0.338 e. The van der Waals surface area contributed by atoms with Crippen molar-refractivity contribution in [2.45, 2.75) is 48.1 Å².